The first-order valence-corrected chi connectivity index (χ1v) is 24.7. The molecule has 1 fully saturated rings. The molecule has 1 saturated heterocycles. The summed E-state index contributed by atoms with van der Waals surface area (Å²) in [4.78, 5) is 78.5. The van der Waals surface area contributed by atoms with E-state index in [-0.39, 0.29) is 65.3 Å². The Balaban J connectivity index is 0.854. The van der Waals surface area contributed by atoms with Crippen molar-refractivity contribution in [3.63, 3.8) is 0 Å². The summed E-state index contributed by atoms with van der Waals surface area (Å²) in [6.45, 7) is 21.3. The maximum Gasteiger partial charge on any atom is 0.291 e. The molecule has 1 atom stereocenters. The van der Waals surface area contributed by atoms with Crippen LogP contribution in [0.2, 0.25) is 0 Å². The van der Waals surface area contributed by atoms with E-state index in [4.69, 9.17) is 14.2 Å². The Morgan fingerprint density at radius 3 is 2.20 bits per heavy atom. The van der Waals surface area contributed by atoms with Crippen LogP contribution in [0.1, 0.15) is 123 Å². The van der Waals surface area contributed by atoms with Gasteiger partial charge in [-0.2, -0.15) is 0 Å². The number of nitrogens with zero attached hydrogens (tertiary/aromatic N) is 7. The number of fused-ring (bicyclic) bond motifs is 3. The van der Waals surface area contributed by atoms with Crippen LogP contribution in [0.15, 0.2) is 90.5 Å². The number of aryl methyl sites for hydroxylation is 3. The molecule has 6 heterocycles. The van der Waals surface area contributed by atoms with Crippen molar-refractivity contribution in [2.45, 2.75) is 104 Å². The van der Waals surface area contributed by atoms with E-state index in [1.54, 1.807) is 82.7 Å². The predicted octanol–water partition coefficient (Wildman–Crippen LogP) is 9.10. The molecule has 4 N–H and O–H groups in total. The highest BCUT2D eigenvalue weighted by atomic mass is 16.5. The standard InChI is InChI=1S/C55H67N11O8/c1-33-22-38-28-56-40-27-44(45(26-39(40)51(70)66(38)29-33)74-55(8,9)18-21-73-54(5,6)7)72-20-13-14-47(67)59-46-32-64(12)48(60-46)50(69)58-36-24-42(62(10)30-36)49(68)57-37-25-43(63(11)31-37)52(71)65-19-17-34-23-35(15-16-41(34)65)61-53(2,3)4/h15-17,19,23-28,30-32,38,61H,1,13-14,18,20-22,29H2,2-12H3,(H,57,68)(H,58,69)(H,59,67)/t38-/m0/s1. The first-order valence-electron chi connectivity index (χ1n) is 24.7. The monoisotopic (exact) mass is 1010 g/mol. The molecule has 2 aromatic carbocycles. The van der Waals surface area contributed by atoms with Crippen molar-refractivity contribution >= 4 is 75.2 Å². The summed E-state index contributed by atoms with van der Waals surface area (Å²) >= 11 is 0. The number of anilines is 4. The molecule has 0 radical (unpaired) electrons. The summed E-state index contributed by atoms with van der Waals surface area (Å²) in [6.07, 6.45) is 9.91. The van der Waals surface area contributed by atoms with Crippen molar-refractivity contribution in [1.29, 1.82) is 0 Å². The maximum atomic E-state index is 13.8. The molecular formula is C55H67N11O8. The molecule has 4 amide bonds. The van der Waals surface area contributed by atoms with Crippen LogP contribution in [0.5, 0.6) is 11.5 Å². The lowest BCUT2D eigenvalue weighted by atomic mass is 10.0. The first kappa shape index (κ1) is 52.4. The van der Waals surface area contributed by atoms with Gasteiger partial charge in [0.1, 0.15) is 17.0 Å². The fourth-order valence-electron chi connectivity index (χ4n) is 8.87. The molecular weight excluding hydrogens is 943 g/mol. The Bertz CT molecular complexity index is 3210. The van der Waals surface area contributed by atoms with Gasteiger partial charge in [0.25, 0.3) is 23.6 Å². The Morgan fingerprint density at radius 2 is 1.49 bits per heavy atom. The SMILES string of the molecule is C=C1C[C@H]2C=Nc3cc(OCCCC(=O)Nc4cn(C)c(C(=O)Nc5cc(C(=O)Nc6cc(C(=O)n7ccc8cc(NC(C)(C)C)ccc87)n(C)c6)n(C)c5)n4)c(OC(C)(C)CCOC(C)(C)C)cc3C(=O)N2C1. The number of amides is 4. The summed E-state index contributed by atoms with van der Waals surface area (Å²) < 4.78 is 25.1. The van der Waals surface area contributed by atoms with Gasteiger partial charge in [-0.3, -0.25) is 33.5 Å². The average molecular weight is 1010 g/mol. The molecule has 0 bridgehead atoms. The van der Waals surface area contributed by atoms with Gasteiger partial charge in [0.05, 0.1) is 53.0 Å². The van der Waals surface area contributed by atoms with E-state index in [1.165, 1.54) is 16.8 Å². The van der Waals surface area contributed by atoms with Crippen LogP contribution in [0.4, 0.5) is 28.6 Å². The van der Waals surface area contributed by atoms with Crippen LogP contribution >= 0.6 is 0 Å². The molecule has 19 nitrogen and oxygen atoms in total. The van der Waals surface area contributed by atoms with Crippen molar-refractivity contribution in [2.24, 2.45) is 26.1 Å². The zero-order chi connectivity index (χ0) is 53.4. The summed E-state index contributed by atoms with van der Waals surface area (Å²) in [5.41, 5.74) is 3.80. The van der Waals surface area contributed by atoms with Crippen LogP contribution in [0.25, 0.3) is 10.9 Å². The molecule has 19 heteroatoms. The molecule has 0 spiro atoms. The van der Waals surface area contributed by atoms with Crippen molar-refractivity contribution in [2.75, 3.05) is 41.0 Å². The van der Waals surface area contributed by atoms with Gasteiger partial charge in [-0.25, -0.2) is 4.98 Å². The van der Waals surface area contributed by atoms with Gasteiger partial charge < -0.3 is 54.1 Å². The Morgan fingerprint density at radius 1 is 0.784 bits per heavy atom. The fourth-order valence-corrected chi connectivity index (χ4v) is 8.87. The second kappa shape index (κ2) is 20.5. The molecule has 2 aliphatic heterocycles. The number of ether oxygens (including phenoxy) is 3. The van der Waals surface area contributed by atoms with Crippen LogP contribution in [-0.2, 0) is 30.7 Å². The summed E-state index contributed by atoms with van der Waals surface area (Å²) in [5.74, 6) is -0.814. The second-order valence-corrected chi connectivity index (χ2v) is 21.7. The first-order chi connectivity index (χ1) is 34.8. The van der Waals surface area contributed by atoms with Gasteiger partial charge in [-0.05, 0) is 111 Å². The summed E-state index contributed by atoms with van der Waals surface area (Å²) in [5, 5.41) is 12.8. The number of benzene rings is 2. The number of aromatic nitrogens is 5. The number of hydrogen-bond acceptors (Lipinski definition) is 11. The van der Waals surface area contributed by atoms with Crippen molar-refractivity contribution in [1.82, 2.24) is 28.2 Å². The van der Waals surface area contributed by atoms with Gasteiger partial charge in [-0.1, -0.05) is 12.2 Å². The minimum Gasteiger partial charge on any atom is -0.490 e. The topological polar surface area (TPSA) is 209 Å². The normalized spacial score (nSPS) is 14.7. The lowest BCUT2D eigenvalue weighted by molar-refractivity contribution is -0.116. The number of carbonyl (C=O) groups is 5. The van der Waals surface area contributed by atoms with Crippen LogP contribution in [0, 0.1) is 0 Å². The molecule has 8 rings (SSSR count). The minimum atomic E-state index is -0.687. The summed E-state index contributed by atoms with van der Waals surface area (Å²) in [7, 11) is 5.04. The van der Waals surface area contributed by atoms with E-state index in [0.29, 0.717) is 72.2 Å². The van der Waals surface area contributed by atoms with Crippen LogP contribution in [-0.4, -0.2) is 106 Å². The molecule has 6 aromatic rings. The average Bonchev–Trinajstić information content (AvgIpc) is 4.13. The van der Waals surface area contributed by atoms with Crippen molar-refractivity contribution < 1.29 is 38.2 Å². The van der Waals surface area contributed by atoms with Gasteiger partial charge in [0, 0.05) is 94.2 Å². The van der Waals surface area contributed by atoms with E-state index in [9.17, 15) is 24.0 Å². The largest absolute Gasteiger partial charge is 0.490 e. The number of nitrogens with one attached hydrogen (secondary N) is 4. The lowest BCUT2D eigenvalue weighted by Gasteiger charge is -2.30. The van der Waals surface area contributed by atoms with Gasteiger partial charge in [0.2, 0.25) is 11.7 Å². The highest BCUT2D eigenvalue weighted by Crippen LogP contribution is 2.41. The molecule has 2 aliphatic rings. The smallest absolute Gasteiger partial charge is 0.291 e. The van der Waals surface area contributed by atoms with E-state index in [0.717, 1.165) is 22.2 Å². The number of imidazole rings is 1. The molecule has 0 unspecified atom stereocenters. The number of aliphatic imine (C=N–C) groups is 1. The molecule has 74 heavy (non-hydrogen) atoms. The van der Waals surface area contributed by atoms with E-state index in [2.05, 4.69) is 58.6 Å². The highest BCUT2D eigenvalue weighted by molar-refractivity contribution is 6.08. The molecule has 0 saturated carbocycles. The van der Waals surface area contributed by atoms with E-state index < -0.39 is 17.4 Å². The summed E-state index contributed by atoms with van der Waals surface area (Å²) in [6, 6.07) is 14.1. The van der Waals surface area contributed by atoms with Gasteiger partial charge in [0.15, 0.2) is 17.3 Å². The number of hydrogen-bond donors (Lipinski definition) is 4. The zero-order valence-corrected chi connectivity index (χ0v) is 44.1. The fraction of sp³-hybridized carbons (Fsp3) is 0.400. The van der Waals surface area contributed by atoms with E-state index >= 15 is 0 Å². The third-order valence-corrected chi connectivity index (χ3v) is 12.4. The lowest BCUT2D eigenvalue weighted by Crippen LogP contribution is -2.35. The molecule has 0 aliphatic carbocycles. The molecule has 390 valence electrons. The highest BCUT2D eigenvalue weighted by Gasteiger charge is 2.35. The number of rotatable bonds is 17. The molecule has 4 aromatic heterocycles. The van der Waals surface area contributed by atoms with Crippen LogP contribution in [0.3, 0.4) is 0 Å². The Hall–Kier alpha value is -7.93. The van der Waals surface area contributed by atoms with E-state index in [1.807, 2.05) is 58.9 Å². The Labute approximate surface area is 430 Å². The Kier molecular flexibility index (Phi) is 14.5. The second-order valence-electron chi connectivity index (χ2n) is 21.7. The predicted molar refractivity (Wildman–Crippen MR) is 287 cm³/mol. The van der Waals surface area contributed by atoms with Crippen molar-refractivity contribution in [3.8, 4) is 11.5 Å². The zero-order valence-electron chi connectivity index (χ0n) is 44.1. The van der Waals surface area contributed by atoms with Gasteiger partial charge >= 0.3 is 0 Å². The maximum absolute atomic E-state index is 13.8. The minimum absolute atomic E-state index is 0.0209. The quantitative estimate of drug-likeness (QED) is 0.0503. The van der Waals surface area contributed by atoms with Crippen LogP contribution < -0.4 is 30.7 Å². The van der Waals surface area contributed by atoms with Gasteiger partial charge in [-0.15, -0.1) is 0 Å². The third-order valence-electron chi connectivity index (χ3n) is 12.4. The van der Waals surface area contributed by atoms with Crippen molar-refractivity contribution in [3.05, 3.63) is 108 Å². The third kappa shape index (κ3) is 12.3. The number of carbonyl (C=O) groups excluding carboxylic acids is 5.